The Morgan fingerprint density at radius 1 is 1.38 bits per heavy atom. The summed E-state index contributed by atoms with van der Waals surface area (Å²) in [6.07, 6.45) is 3.72. The maximum Gasteiger partial charge on any atom is 0.266 e. The first-order valence-corrected chi connectivity index (χ1v) is 8.90. The van der Waals surface area contributed by atoms with E-state index >= 15 is 0 Å². The molecule has 1 unspecified atom stereocenters. The topological polar surface area (TPSA) is 98.5 Å². The number of nitrogens with one attached hydrogen (secondary N) is 1. The predicted octanol–water partition coefficient (Wildman–Crippen LogP) is 1.60. The van der Waals surface area contributed by atoms with Gasteiger partial charge in [-0.2, -0.15) is 10.2 Å². The second-order valence-electron chi connectivity index (χ2n) is 6.74. The maximum atomic E-state index is 12.2. The number of carbonyl (C=O) groups is 1. The number of piperazine rings is 1. The van der Waals surface area contributed by atoms with Gasteiger partial charge in [0.1, 0.15) is 6.07 Å². The number of nitriles is 1. The van der Waals surface area contributed by atoms with E-state index < -0.39 is 0 Å². The van der Waals surface area contributed by atoms with Crippen LogP contribution in [0.25, 0.3) is 11.7 Å². The highest BCUT2D eigenvalue weighted by molar-refractivity contribution is 5.81. The number of carbonyl (C=O) groups excluding carboxylic acids is 1. The summed E-state index contributed by atoms with van der Waals surface area (Å²) in [4.78, 5) is 20.6. The van der Waals surface area contributed by atoms with Gasteiger partial charge in [0.25, 0.3) is 5.89 Å². The molecule has 0 spiro atoms. The van der Waals surface area contributed by atoms with Crippen molar-refractivity contribution in [3.63, 3.8) is 0 Å². The van der Waals surface area contributed by atoms with E-state index in [1.165, 1.54) is 6.26 Å². The van der Waals surface area contributed by atoms with Crippen LogP contribution >= 0.6 is 0 Å². The van der Waals surface area contributed by atoms with Gasteiger partial charge in [-0.25, -0.2) is 0 Å². The van der Waals surface area contributed by atoms with Crippen molar-refractivity contribution < 1.29 is 13.6 Å². The van der Waals surface area contributed by atoms with Crippen molar-refractivity contribution in [2.24, 2.45) is 0 Å². The van der Waals surface area contributed by atoms with Crippen LogP contribution < -0.4 is 10.2 Å². The predicted molar refractivity (Wildman–Crippen MR) is 93.3 cm³/mol. The average Bonchev–Trinajstić information content (AvgIpc) is 3.15. The molecule has 1 N–H and O–H groups in total. The molecule has 0 radical (unpaired) electrons. The fourth-order valence-electron chi connectivity index (χ4n) is 3.13. The Kier molecular flexibility index (Phi) is 4.39. The second kappa shape index (κ2) is 6.84. The molecule has 1 aliphatic carbocycles. The van der Waals surface area contributed by atoms with E-state index in [9.17, 15) is 10.1 Å². The molecule has 0 aromatic carbocycles. The number of aromatic nitrogens is 1. The molecule has 8 nitrogen and oxygen atoms in total. The molecule has 2 aromatic heterocycles. The Labute approximate surface area is 151 Å². The molecule has 1 amide bonds. The van der Waals surface area contributed by atoms with Crippen molar-refractivity contribution >= 4 is 11.8 Å². The lowest BCUT2D eigenvalue weighted by Gasteiger charge is -2.37. The van der Waals surface area contributed by atoms with Crippen molar-refractivity contribution in [3.05, 3.63) is 24.1 Å². The van der Waals surface area contributed by atoms with Crippen molar-refractivity contribution in [2.45, 2.75) is 31.8 Å². The summed E-state index contributed by atoms with van der Waals surface area (Å²) in [6.45, 7) is 4.73. The minimum atomic E-state index is -0.151. The van der Waals surface area contributed by atoms with Gasteiger partial charge < -0.3 is 19.1 Å². The van der Waals surface area contributed by atoms with Crippen LogP contribution in [0.2, 0.25) is 0 Å². The van der Waals surface area contributed by atoms with Crippen LogP contribution in [0, 0.1) is 11.3 Å². The van der Waals surface area contributed by atoms with Gasteiger partial charge >= 0.3 is 0 Å². The third-order valence-electron chi connectivity index (χ3n) is 4.90. The number of anilines is 1. The SMILES string of the molecule is CC(C(=O)NC1CC1)N1CCN(c2oc(-c3ccco3)nc2C#N)CC1. The molecule has 8 heteroatoms. The zero-order valence-corrected chi connectivity index (χ0v) is 14.6. The summed E-state index contributed by atoms with van der Waals surface area (Å²) in [5.74, 6) is 1.37. The van der Waals surface area contributed by atoms with Crippen LogP contribution in [0.5, 0.6) is 0 Å². The standard InChI is InChI=1S/C18H21N5O3/c1-12(16(24)20-13-4-5-13)22-6-8-23(9-7-22)18-14(11-19)21-17(26-18)15-3-2-10-25-15/h2-3,10,12-13H,4-9H2,1H3,(H,20,24). The summed E-state index contributed by atoms with van der Waals surface area (Å²) in [5.41, 5.74) is 0.254. The molecule has 1 aliphatic heterocycles. The Bertz CT molecular complexity index is 810. The van der Waals surface area contributed by atoms with Crippen molar-refractivity contribution in [1.82, 2.24) is 15.2 Å². The number of rotatable bonds is 5. The van der Waals surface area contributed by atoms with Crippen molar-refractivity contribution in [1.29, 1.82) is 5.26 Å². The smallest absolute Gasteiger partial charge is 0.266 e. The molecule has 136 valence electrons. The summed E-state index contributed by atoms with van der Waals surface area (Å²) in [6, 6.07) is 5.81. The van der Waals surface area contributed by atoms with Gasteiger partial charge in [0.2, 0.25) is 17.5 Å². The molecule has 1 atom stereocenters. The van der Waals surface area contributed by atoms with E-state index in [1.807, 2.05) is 11.8 Å². The molecular formula is C18H21N5O3. The highest BCUT2D eigenvalue weighted by Gasteiger charge is 2.31. The van der Waals surface area contributed by atoms with Gasteiger partial charge in [0, 0.05) is 32.2 Å². The first-order chi connectivity index (χ1) is 12.7. The first kappa shape index (κ1) is 16.7. The molecule has 2 aromatic rings. The van der Waals surface area contributed by atoms with Crippen LogP contribution in [-0.4, -0.2) is 54.1 Å². The molecular weight excluding hydrogens is 334 g/mol. The van der Waals surface area contributed by atoms with Crippen LogP contribution in [0.15, 0.2) is 27.2 Å². The Hall–Kier alpha value is -2.79. The van der Waals surface area contributed by atoms with Crippen LogP contribution in [-0.2, 0) is 4.79 Å². The van der Waals surface area contributed by atoms with Crippen molar-refractivity contribution in [2.75, 3.05) is 31.1 Å². The van der Waals surface area contributed by atoms with E-state index in [2.05, 4.69) is 21.3 Å². The number of furan rings is 1. The number of oxazole rings is 1. The van der Waals surface area contributed by atoms with Gasteiger partial charge in [0.05, 0.1) is 12.3 Å². The zero-order valence-electron chi connectivity index (χ0n) is 14.6. The van der Waals surface area contributed by atoms with Gasteiger partial charge in [-0.05, 0) is 31.9 Å². The number of hydrogen-bond donors (Lipinski definition) is 1. The Balaban J connectivity index is 1.41. The normalized spacial score (nSPS) is 19.2. The lowest BCUT2D eigenvalue weighted by molar-refractivity contribution is -0.126. The first-order valence-electron chi connectivity index (χ1n) is 8.90. The number of amides is 1. The summed E-state index contributed by atoms with van der Waals surface area (Å²) in [5, 5.41) is 12.4. The molecule has 1 saturated carbocycles. The Morgan fingerprint density at radius 3 is 2.77 bits per heavy atom. The molecule has 0 bridgehead atoms. The van der Waals surface area contributed by atoms with Crippen LogP contribution in [0.3, 0.4) is 0 Å². The maximum absolute atomic E-state index is 12.2. The van der Waals surface area contributed by atoms with E-state index in [4.69, 9.17) is 8.83 Å². The van der Waals surface area contributed by atoms with Gasteiger partial charge in [0.15, 0.2) is 5.76 Å². The fourth-order valence-corrected chi connectivity index (χ4v) is 3.13. The second-order valence-corrected chi connectivity index (χ2v) is 6.74. The zero-order chi connectivity index (χ0) is 18.1. The van der Waals surface area contributed by atoms with Gasteiger partial charge in [-0.15, -0.1) is 0 Å². The fraction of sp³-hybridized carbons (Fsp3) is 0.500. The highest BCUT2D eigenvalue weighted by Crippen LogP contribution is 2.29. The van der Waals surface area contributed by atoms with Crippen LogP contribution in [0.4, 0.5) is 5.88 Å². The van der Waals surface area contributed by atoms with E-state index in [-0.39, 0.29) is 17.6 Å². The lowest BCUT2D eigenvalue weighted by atomic mass is 10.2. The minimum Gasteiger partial charge on any atom is -0.459 e. The van der Waals surface area contributed by atoms with Gasteiger partial charge in [-0.3, -0.25) is 9.69 Å². The summed E-state index contributed by atoms with van der Waals surface area (Å²) >= 11 is 0. The quantitative estimate of drug-likeness (QED) is 0.869. The highest BCUT2D eigenvalue weighted by atomic mass is 16.4. The van der Waals surface area contributed by atoms with E-state index in [0.29, 0.717) is 36.7 Å². The molecule has 4 rings (SSSR count). The largest absolute Gasteiger partial charge is 0.459 e. The molecule has 2 aliphatic rings. The van der Waals surface area contributed by atoms with E-state index in [0.717, 1.165) is 25.9 Å². The third-order valence-corrected chi connectivity index (χ3v) is 4.90. The minimum absolute atomic E-state index is 0.0958. The van der Waals surface area contributed by atoms with Crippen LogP contribution in [0.1, 0.15) is 25.5 Å². The van der Waals surface area contributed by atoms with Gasteiger partial charge in [-0.1, -0.05) is 0 Å². The van der Waals surface area contributed by atoms with Crippen molar-refractivity contribution in [3.8, 4) is 17.7 Å². The lowest BCUT2D eigenvalue weighted by Crippen LogP contribution is -2.54. The molecule has 26 heavy (non-hydrogen) atoms. The number of nitrogens with zero attached hydrogens (tertiary/aromatic N) is 4. The Morgan fingerprint density at radius 2 is 2.15 bits per heavy atom. The monoisotopic (exact) mass is 355 g/mol. The molecule has 2 fully saturated rings. The summed E-state index contributed by atoms with van der Waals surface area (Å²) < 4.78 is 11.1. The van der Waals surface area contributed by atoms with E-state index in [1.54, 1.807) is 12.1 Å². The third kappa shape index (κ3) is 3.30. The molecule has 3 heterocycles. The molecule has 1 saturated heterocycles. The number of hydrogen-bond acceptors (Lipinski definition) is 7. The summed E-state index contributed by atoms with van der Waals surface area (Å²) in [7, 11) is 0. The average molecular weight is 355 g/mol.